The van der Waals surface area contributed by atoms with E-state index in [1.165, 1.54) is 0 Å². The average molecular weight is 818 g/mol. The van der Waals surface area contributed by atoms with Crippen LogP contribution in [0.25, 0.3) is 45.0 Å². The Hall–Kier alpha value is -4.59. The van der Waals surface area contributed by atoms with Gasteiger partial charge in [0.25, 0.3) is 0 Å². The zero-order valence-electron chi connectivity index (χ0n) is 31.8. The van der Waals surface area contributed by atoms with E-state index < -0.39 is 109 Å². The van der Waals surface area contributed by atoms with Crippen molar-refractivity contribution >= 4 is 0 Å². The second kappa shape index (κ2) is 14.8. The quantitative estimate of drug-likeness (QED) is 0.126. The first-order valence-electron chi connectivity index (χ1n) is 20.3. The van der Waals surface area contributed by atoms with Crippen molar-refractivity contribution < 1.29 is 60.0 Å². The molecule has 18 unspecified atom stereocenters. The molecule has 7 N–H and O–H groups in total. The van der Waals surface area contributed by atoms with E-state index in [0.29, 0.717) is 22.8 Å². The Morgan fingerprint density at radius 3 is 1.30 bits per heavy atom. The summed E-state index contributed by atoms with van der Waals surface area (Å²) in [6, 6.07) is 35.5. The molecule has 3 aliphatic carbocycles. The SMILES string of the molecule is OC1C(O)C(O)C2C(OC3C4OOC5C(O)C(O)C(c6nc(-c7ccc(-c8ccccc8)cc7)nc(-c7ccc(-c8ccccc8)cc7)n6)C6OOC(C(O)C32)C4C56)C1O. The molecule has 3 saturated heterocycles. The summed E-state index contributed by atoms with van der Waals surface area (Å²) in [4.78, 5) is 38.7. The van der Waals surface area contributed by atoms with Gasteiger partial charge in [0.15, 0.2) is 11.6 Å². The fourth-order valence-corrected chi connectivity index (χ4v) is 10.8. The fourth-order valence-electron chi connectivity index (χ4n) is 10.8. The van der Waals surface area contributed by atoms with Gasteiger partial charge < -0.3 is 40.5 Å². The van der Waals surface area contributed by atoms with E-state index in [2.05, 4.69) is 0 Å². The molecule has 5 aromatic rings. The van der Waals surface area contributed by atoms with Crippen molar-refractivity contribution in [3.05, 3.63) is 115 Å². The predicted octanol–water partition coefficient (Wildman–Crippen LogP) is 1.82. The van der Waals surface area contributed by atoms with Crippen molar-refractivity contribution in [1.29, 1.82) is 0 Å². The number of benzene rings is 4. The highest BCUT2D eigenvalue weighted by Gasteiger charge is 2.72. The molecule has 3 saturated carbocycles. The van der Waals surface area contributed by atoms with Gasteiger partial charge in [-0.1, -0.05) is 109 Å². The summed E-state index contributed by atoms with van der Waals surface area (Å²) in [5.41, 5.74) is 5.44. The van der Waals surface area contributed by atoms with Crippen LogP contribution >= 0.6 is 0 Å². The van der Waals surface area contributed by atoms with Gasteiger partial charge in [0.05, 0.1) is 36.4 Å². The van der Waals surface area contributed by atoms with Gasteiger partial charge in [-0.25, -0.2) is 34.5 Å². The number of ether oxygens (including phenoxy) is 1. The summed E-state index contributed by atoms with van der Waals surface area (Å²) >= 11 is 0. The maximum atomic E-state index is 11.9. The summed E-state index contributed by atoms with van der Waals surface area (Å²) in [5, 5.41) is 78.7. The number of hydrogen-bond acceptors (Lipinski definition) is 15. The molecule has 0 bridgehead atoms. The van der Waals surface area contributed by atoms with Crippen molar-refractivity contribution in [2.45, 2.75) is 85.3 Å². The van der Waals surface area contributed by atoms with Crippen LogP contribution in [0.4, 0.5) is 0 Å². The minimum Gasteiger partial charge on any atom is -0.390 e. The molecule has 1 aromatic heterocycles. The molecule has 0 amide bonds. The van der Waals surface area contributed by atoms with Gasteiger partial charge in [-0.3, -0.25) is 0 Å². The molecule has 60 heavy (non-hydrogen) atoms. The van der Waals surface area contributed by atoms with Crippen molar-refractivity contribution in [1.82, 2.24) is 15.0 Å². The molecule has 11 rings (SSSR count). The van der Waals surface area contributed by atoms with Crippen LogP contribution in [0.5, 0.6) is 0 Å². The van der Waals surface area contributed by atoms with Crippen LogP contribution in [0.15, 0.2) is 109 Å². The maximum absolute atomic E-state index is 11.9. The molecule has 0 spiro atoms. The molecule has 6 fully saturated rings. The average Bonchev–Trinajstić information content (AvgIpc) is 3.71. The lowest BCUT2D eigenvalue weighted by Gasteiger charge is -2.60. The lowest BCUT2D eigenvalue weighted by atomic mass is 9.58. The summed E-state index contributed by atoms with van der Waals surface area (Å²) in [6.45, 7) is 0. The lowest BCUT2D eigenvalue weighted by molar-refractivity contribution is -0.515. The second-order valence-electron chi connectivity index (χ2n) is 16.8. The van der Waals surface area contributed by atoms with Crippen LogP contribution in [0.3, 0.4) is 0 Å². The van der Waals surface area contributed by atoms with E-state index in [1.54, 1.807) is 0 Å². The van der Waals surface area contributed by atoms with E-state index >= 15 is 0 Å². The highest BCUT2D eigenvalue weighted by atomic mass is 17.2. The van der Waals surface area contributed by atoms with Gasteiger partial charge in [0.2, 0.25) is 0 Å². The van der Waals surface area contributed by atoms with Gasteiger partial charge in [-0.05, 0) is 22.3 Å². The Labute approximate surface area is 343 Å². The number of hydrogen-bond donors (Lipinski definition) is 7. The van der Waals surface area contributed by atoms with E-state index in [0.717, 1.165) is 22.3 Å². The topological polar surface area (TPSA) is 226 Å². The van der Waals surface area contributed by atoms with Gasteiger partial charge in [0.1, 0.15) is 54.7 Å². The molecule has 4 heterocycles. The molecule has 6 aliphatic rings. The highest BCUT2D eigenvalue weighted by molar-refractivity contribution is 5.70. The van der Waals surface area contributed by atoms with Gasteiger partial charge in [-0.2, -0.15) is 0 Å². The maximum Gasteiger partial charge on any atom is 0.163 e. The summed E-state index contributed by atoms with van der Waals surface area (Å²) in [6.07, 6.45) is -17.3. The zero-order chi connectivity index (χ0) is 41.0. The number of aliphatic hydroxyl groups excluding tert-OH is 7. The third kappa shape index (κ3) is 5.92. The van der Waals surface area contributed by atoms with Crippen LogP contribution in [0, 0.1) is 23.7 Å². The third-order valence-corrected chi connectivity index (χ3v) is 13.7. The summed E-state index contributed by atoms with van der Waals surface area (Å²) < 4.78 is 6.27. The molecule has 4 aromatic carbocycles. The number of rotatable bonds is 5. The molecule has 18 atom stereocenters. The van der Waals surface area contributed by atoms with Crippen molar-refractivity contribution in [3.63, 3.8) is 0 Å². The van der Waals surface area contributed by atoms with Crippen LogP contribution in [-0.2, 0) is 24.3 Å². The standard InChI is InChI=1S/C45H43N3O12/c49-30-25-26-32(51)39-28-27-37(57-58-39)29(31(50)35(54)40(27)59-60-42(28)41(26)56-38(25)36(55)34(53)33(30)52)45-47-43(23-15-11-21(12-16-23)19-7-3-1-4-8-19)46-44(48-45)24-17-13-22(14-18-24)20-9-5-2-6-10-20/h1-18,25-42,49-55H. The Morgan fingerprint density at radius 1 is 0.317 bits per heavy atom. The lowest BCUT2D eigenvalue weighted by Crippen LogP contribution is -2.74. The predicted molar refractivity (Wildman–Crippen MR) is 208 cm³/mol. The molecule has 310 valence electrons. The Balaban J connectivity index is 0.979. The minimum atomic E-state index is -1.69. The largest absolute Gasteiger partial charge is 0.390 e. The van der Waals surface area contributed by atoms with E-state index in [1.807, 2.05) is 109 Å². The van der Waals surface area contributed by atoms with Crippen LogP contribution in [0.2, 0.25) is 0 Å². The van der Waals surface area contributed by atoms with Gasteiger partial charge in [0, 0.05) is 34.8 Å². The molecule has 15 nitrogen and oxygen atoms in total. The normalized spacial score (nSPS) is 40.2. The molecule has 0 radical (unpaired) electrons. The fraction of sp³-hybridized carbons (Fsp3) is 0.400. The summed E-state index contributed by atoms with van der Waals surface area (Å²) in [5.74, 6) is -3.81. The Bertz CT molecular complexity index is 2240. The highest BCUT2D eigenvalue weighted by Crippen LogP contribution is 2.58. The minimum absolute atomic E-state index is 0.126. The molecular formula is C45H43N3O12. The first-order chi connectivity index (χ1) is 29.2. The Morgan fingerprint density at radius 2 is 0.733 bits per heavy atom. The van der Waals surface area contributed by atoms with E-state index in [4.69, 9.17) is 39.2 Å². The van der Waals surface area contributed by atoms with Crippen LogP contribution in [0.1, 0.15) is 11.7 Å². The first kappa shape index (κ1) is 38.3. The van der Waals surface area contributed by atoms with Crippen molar-refractivity contribution in [2.75, 3.05) is 0 Å². The van der Waals surface area contributed by atoms with E-state index in [9.17, 15) is 35.7 Å². The number of nitrogens with zero attached hydrogens (tertiary/aromatic N) is 3. The number of aliphatic hydroxyl groups is 7. The van der Waals surface area contributed by atoms with E-state index in [-0.39, 0.29) is 5.82 Å². The smallest absolute Gasteiger partial charge is 0.163 e. The third-order valence-electron chi connectivity index (χ3n) is 13.7. The second-order valence-corrected chi connectivity index (χ2v) is 16.8. The molecule has 3 aliphatic heterocycles. The Kier molecular flexibility index (Phi) is 9.46. The number of aromatic nitrogens is 3. The number of fused-ring (bicyclic) bond motifs is 4. The summed E-state index contributed by atoms with van der Waals surface area (Å²) in [7, 11) is 0. The van der Waals surface area contributed by atoms with Gasteiger partial charge >= 0.3 is 0 Å². The van der Waals surface area contributed by atoms with Crippen molar-refractivity contribution in [3.8, 4) is 45.0 Å². The van der Waals surface area contributed by atoms with Crippen LogP contribution < -0.4 is 0 Å². The van der Waals surface area contributed by atoms with Crippen LogP contribution in [-0.4, -0.2) is 130 Å². The first-order valence-corrected chi connectivity index (χ1v) is 20.3. The van der Waals surface area contributed by atoms with Crippen molar-refractivity contribution in [2.24, 2.45) is 23.7 Å². The molecular weight excluding hydrogens is 775 g/mol. The zero-order valence-corrected chi connectivity index (χ0v) is 31.8. The molecule has 15 heteroatoms. The monoisotopic (exact) mass is 817 g/mol. The van der Waals surface area contributed by atoms with Gasteiger partial charge in [-0.15, -0.1) is 0 Å².